The highest BCUT2D eigenvalue weighted by Crippen LogP contribution is 2.22. The first-order valence-electron chi connectivity index (χ1n) is 7.28. The van der Waals surface area contributed by atoms with Crippen LogP contribution in [0.4, 0.5) is 0 Å². The van der Waals surface area contributed by atoms with E-state index in [1.54, 1.807) is 11.3 Å². The predicted molar refractivity (Wildman–Crippen MR) is 91.3 cm³/mol. The standard InChI is InChI=1S/C16H20BrN3S/c1-20(9-13-6-16(17)21-11-13)10-15-3-2-12(8-19-15)7-18-14-4-5-14/h2-3,6,8,11,14,18H,4-5,7,9-10H2,1H3. The molecule has 1 aliphatic carbocycles. The normalized spacial score (nSPS) is 14.8. The molecule has 0 saturated heterocycles. The first-order chi connectivity index (χ1) is 10.2. The van der Waals surface area contributed by atoms with Crippen LogP contribution in [0.3, 0.4) is 0 Å². The zero-order valence-electron chi connectivity index (χ0n) is 12.2. The third-order valence-corrected chi connectivity index (χ3v) is 5.12. The number of thiophene rings is 1. The number of nitrogens with one attached hydrogen (secondary N) is 1. The molecular weight excluding hydrogens is 346 g/mol. The molecule has 0 bridgehead atoms. The number of hydrogen-bond donors (Lipinski definition) is 1. The van der Waals surface area contributed by atoms with Crippen LogP contribution in [0.5, 0.6) is 0 Å². The number of pyridine rings is 1. The van der Waals surface area contributed by atoms with Crippen molar-refractivity contribution in [1.29, 1.82) is 0 Å². The van der Waals surface area contributed by atoms with Crippen molar-refractivity contribution in [3.63, 3.8) is 0 Å². The molecule has 0 aromatic carbocycles. The van der Waals surface area contributed by atoms with Crippen molar-refractivity contribution in [1.82, 2.24) is 15.2 Å². The minimum Gasteiger partial charge on any atom is -0.310 e. The molecule has 5 heteroatoms. The minimum absolute atomic E-state index is 0.751. The van der Waals surface area contributed by atoms with E-state index in [0.29, 0.717) is 0 Å². The van der Waals surface area contributed by atoms with Gasteiger partial charge in [0.2, 0.25) is 0 Å². The molecule has 2 heterocycles. The quantitative estimate of drug-likeness (QED) is 0.808. The van der Waals surface area contributed by atoms with Crippen molar-refractivity contribution in [2.45, 2.75) is 38.5 Å². The molecule has 0 amide bonds. The van der Waals surface area contributed by atoms with Crippen LogP contribution < -0.4 is 5.32 Å². The highest BCUT2D eigenvalue weighted by atomic mass is 79.9. The van der Waals surface area contributed by atoms with Gasteiger partial charge in [0.05, 0.1) is 9.48 Å². The van der Waals surface area contributed by atoms with E-state index >= 15 is 0 Å². The summed E-state index contributed by atoms with van der Waals surface area (Å²) in [6.07, 6.45) is 4.66. The molecule has 1 fully saturated rings. The van der Waals surface area contributed by atoms with Gasteiger partial charge in [-0.2, -0.15) is 0 Å². The maximum Gasteiger partial charge on any atom is 0.0701 e. The lowest BCUT2D eigenvalue weighted by molar-refractivity contribution is 0.315. The van der Waals surface area contributed by atoms with Gasteiger partial charge in [-0.3, -0.25) is 9.88 Å². The number of nitrogens with zero attached hydrogens (tertiary/aromatic N) is 2. The van der Waals surface area contributed by atoms with E-state index in [1.165, 1.54) is 27.8 Å². The van der Waals surface area contributed by atoms with Crippen LogP contribution in [-0.2, 0) is 19.6 Å². The summed E-state index contributed by atoms with van der Waals surface area (Å²) in [5, 5.41) is 5.71. The zero-order valence-corrected chi connectivity index (χ0v) is 14.6. The molecule has 112 valence electrons. The lowest BCUT2D eigenvalue weighted by Gasteiger charge is -2.15. The van der Waals surface area contributed by atoms with E-state index in [2.05, 4.69) is 61.8 Å². The third kappa shape index (κ3) is 4.88. The molecule has 1 aliphatic rings. The van der Waals surface area contributed by atoms with E-state index in [0.717, 1.165) is 31.4 Å². The molecular formula is C16H20BrN3S. The summed E-state index contributed by atoms with van der Waals surface area (Å²) < 4.78 is 1.19. The molecule has 2 aromatic rings. The van der Waals surface area contributed by atoms with Crippen molar-refractivity contribution in [2.75, 3.05) is 7.05 Å². The zero-order chi connectivity index (χ0) is 14.7. The summed E-state index contributed by atoms with van der Waals surface area (Å²) >= 11 is 5.24. The van der Waals surface area contributed by atoms with Crippen LogP contribution in [0, 0.1) is 0 Å². The predicted octanol–water partition coefficient (Wildman–Crippen LogP) is 3.79. The maximum atomic E-state index is 4.58. The Balaban J connectivity index is 1.49. The first kappa shape index (κ1) is 15.2. The molecule has 0 radical (unpaired) electrons. The van der Waals surface area contributed by atoms with Crippen molar-refractivity contribution in [3.05, 3.63) is 50.4 Å². The average molecular weight is 366 g/mol. The van der Waals surface area contributed by atoms with Crippen molar-refractivity contribution in [3.8, 4) is 0 Å². The van der Waals surface area contributed by atoms with E-state index in [-0.39, 0.29) is 0 Å². The highest BCUT2D eigenvalue weighted by molar-refractivity contribution is 9.11. The highest BCUT2D eigenvalue weighted by Gasteiger charge is 2.19. The Hall–Kier alpha value is -0.750. The van der Waals surface area contributed by atoms with Crippen LogP contribution in [-0.4, -0.2) is 23.0 Å². The van der Waals surface area contributed by atoms with Crippen LogP contribution >= 0.6 is 27.3 Å². The summed E-state index contributed by atoms with van der Waals surface area (Å²) in [5.41, 5.74) is 3.75. The Bertz CT molecular complexity index is 577. The maximum absolute atomic E-state index is 4.58. The van der Waals surface area contributed by atoms with Crippen LogP contribution in [0.2, 0.25) is 0 Å². The number of aromatic nitrogens is 1. The minimum atomic E-state index is 0.751. The van der Waals surface area contributed by atoms with Gasteiger partial charge < -0.3 is 5.32 Å². The van der Waals surface area contributed by atoms with Gasteiger partial charge >= 0.3 is 0 Å². The van der Waals surface area contributed by atoms with Gasteiger partial charge in [-0.25, -0.2) is 0 Å². The molecule has 0 atom stereocenters. The second kappa shape index (κ2) is 7.01. The second-order valence-electron chi connectivity index (χ2n) is 5.74. The Labute approximate surface area is 138 Å². The molecule has 3 rings (SSSR count). The average Bonchev–Trinajstić information content (AvgIpc) is 3.21. The van der Waals surface area contributed by atoms with Crippen LogP contribution in [0.1, 0.15) is 29.7 Å². The monoisotopic (exact) mass is 365 g/mol. The van der Waals surface area contributed by atoms with E-state index in [9.17, 15) is 0 Å². The molecule has 0 spiro atoms. The fourth-order valence-corrected chi connectivity index (χ4v) is 3.48. The van der Waals surface area contributed by atoms with Gasteiger partial charge in [0.15, 0.2) is 0 Å². The summed E-state index contributed by atoms with van der Waals surface area (Å²) in [5.74, 6) is 0. The Kier molecular flexibility index (Phi) is 5.06. The number of halogens is 1. The number of rotatable bonds is 7. The Morgan fingerprint density at radius 2 is 2.19 bits per heavy atom. The molecule has 1 saturated carbocycles. The SMILES string of the molecule is CN(Cc1csc(Br)c1)Cc1ccc(CNC2CC2)cn1. The smallest absolute Gasteiger partial charge is 0.0701 e. The van der Waals surface area contributed by atoms with Gasteiger partial charge in [0.1, 0.15) is 0 Å². The van der Waals surface area contributed by atoms with Gasteiger partial charge in [0.25, 0.3) is 0 Å². The van der Waals surface area contributed by atoms with Crippen molar-refractivity contribution in [2.24, 2.45) is 0 Å². The first-order valence-corrected chi connectivity index (χ1v) is 8.95. The fraction of sp³-hybridized carbons (Fsp3) is 0.438. The van der Waals surface area contributed by atoms with E-state index in [1.807, 2.05) is 6.20 Å². The lowest BCUT2D eigenvalue weighted by atomic mass is 10.2. The van der Waals surface area contributed by atoms with Crippen LogP contribution in [0.25, 0.3) is 0 Å². The fourth-order valence-electron chi connectivity index (χ4n) is 2.28. The molecule has 3 nitrogen and oxygen atoms in total. The topological polar surface area (TPSA) is 28.2 Å². The second-order valence-corrected chi connectivity index (χ2v) is 8.03. The Morgan fingerprint density at radius 1 is 1.33 bits per heavy atom. The molecule has 21 heavy (non-hydrogen) atoms. The lowest BCUT2D eigenvalue weighted by Crippen LogP contribution is -2.18. The van der Waals surface area contributed by atoms with E-state index in [4.69, 9.17) is 0 Å². The summed E-state index contributed by atoms with van der Waals surface area (Å²) in [6.45, 7) is 2.77. The van der Waals surface area contributed by atoms with Gasteiger partial charge in [-0.05, 0) is 64.5 Å². The summed E-state index contributed by atoms with van der Waals surface area (Å²) in [4.78, 5) is 6.87. The summed E-state index contributed by atoms with van der Waals surface area (Å²) in [6, 6.07) is 7.26. The third-order valence-electron chi connectivity index (χ3n) is 3.56. The van der Waals surface area contributed by atoms with Crippen LogP contribution in [0.15, 0.2) is 33.6 Å². The molecule has 0 unspecified atom stereocenters. The van der Waals surface area contributed by atoms with Crippen molar-refractivity contribution >= 4 is 27.3 Å². The number of hydrogen-bond acceptors (Lipinski definition) is 4. The summed E-state index contributed by atoms with van der Waals surface area (Å²) in [7, 11) is 2.13. The molecule has 0 aliphatic heterocycles. The molecule has 1 N–H and O–H groups in total. The largest absolute Gasteiger partial charge is 0.310 e. The van der Waals surface area contributed by atoms with Gasteiger partial charge in [-0.1, -0.05) is 6.07 Å². The van der Waals surface area contributed by atoms with Gasteiger partial charge in [0, 0.05) is 31.9 Å². The van der Waals surface area contributed by atoms with E-state index < -0.39 is 0 Å². The van der Waals surface area contributed by atoms with Gasteiger partial charge in [-0.15, -0.1) is 11.3 Å². The molecule has 2 aromatic heterocycles. The van der Waals surface area contributed by atoms with Crippen molar-refractivity contribution < 1.29 is 0 Å². The Morgan fingerprint density at radius 3 is 2.81 bits per heavy atom.